The van der Waals surface area contributed by atoms with Gasteiger partial charge in [-0.1, -0.05) is 23.7 Å². The maximum atomic E-state index is 15.3. The molecule has 0 fully saturated rings. The molecule has 14 nitrogen and oxygen atoms in total. The molecule has 5 rings (SSSR count). The van der Waals surface area contributed by atoms with Crippen LogP contribution in [-0.4, -0.2) is 74.9 Å². The van der Waals surface area contributed by atoms with Gasteiger partial charge in [0.05, 0.1) is 48.8 Å². The molecule has 0 bridgehead atoms. The first-order chi connectivity index (χ1) is 21.2. The number of halogens is 2. The Bertz CT molecular complexity index is 1800. The third-order valence-corrected chi connectivity index (χ3v) is 7.04. The summed E-state index contributed by atoms with van der Waals surface area (Å²) >= 11 is 6.08. The number of hydrogen-bond donors (Lipinski definition) is 1. The van der Waals surface area contributed by atoms with E-state index in [4.69, 9.17) is 16.3 Å². The molecule has 16 heteroatoms. The summed E-state index contributed by atoms with van der Waals surface area (Å²) in [6.45, 7) is 0.0127. The van der Waals surface area contributed by atoms with Crippen LogP contribution in [0.1, 0.15) is 11.7 Å². The van der Waals surface area contributed by atoms with Gasteiger partial charge in [-0.25, -0.2) is 14.0 Å². The maximum Gasteiger partial charge on any atom is 0.411 e. The molecule has 0 radical (unpaired) electrons. The molecule has 44 heavy (non-hydrogen) atoms. The number of likely N-dealkylation sites (N-methyl/N-ethyl adjacent to an activating group) is 1. The molecular formula is C28H25ClFN9O5. The summed E-state index contributed by atoms with van der Waals surface area (Å²) in [6, 6.07) is 12.2. The highest BCUT2D eigenvalue weighted by atomic mass is 35.5. The number of benzene rings is 2. The summed E-state index contributed by atoms with van der Waals surface area (Å²) in [6.07, 6.45) is 4.63. The lowest BCUT2D eigenvalue weighted by molar-refractivity contribution is -0.615. The lowest BCUT2D eigenvalue weighted by atomic mass is 10.0. The van der Waals surface area contributed by atoms with Crippen LogP contribution in [-0.2, 0) is 9.47 Å². The molecule has 1 atom stereocenters. The number of tetrazole rings is 1. The van der Waals surface area contributed by atoms with Crippen molar-refractivity contribution in [2.75, 3.05) is 33.1 Å². The monoisotopic (exact) mass is 621 g/mol. The largest absolute Gasteiger partial charge is 0.618 e. The third-order valence-electron chi connectivity index (χ3n) is 6.75. The molecule has 3 aromatic heterocycles. The van der Waals surface area contributed by atoms with Crippen LogP contribution < -0.4 is 10.0 Å². The van der Waals surface area contributed by atoms with E-state index < -0.39 is 24.0 Å². The van der Waals surface area contributed by atoms with Crippen molar-refractivity contribution in [2.24, 2.45) is 0 Å². The predicted molar refractivity (Wildman–Crippen MR) is 155 cm³/mol. The van der Waals surface area contributed by atoms with Crippen molar-refractivity contribution in [3.8, 4) is 27.9 Å². The van der Waals surface area contributed by atoms with Gasteiger partial charge >= 0.3 is 12.2 Å². The summed E-state index contributed by atoms with van der Waals surface area (Å²) < 4.78 is 28.2. The van der Waals surface area contributed by atoms with Gasteiger partial charge in [-0.2, -0.15) is 14.5 Å². The predicted octanol–water partition coefficient (Wildman–Crippen LogP) is 4.08. The van der Waals surface area contributed by atoms with Crippen molar-refractivity contribution in [2.45, 2.75) is 6.04 Å². The van der Waals surface area contributed by atoms with Gasteiger partial charge in [0.1, 0.15) is 6.33 Å². The van der Waals surface area contributed by atoms with Crippen molar-refractivity contribution in [1.29, 1.82) is 0 Å². The number of carbonyl (C=O) groups is 2. The molecule has 0 aliphatic rings. The van der Waals surface area contributed by atoms with Gasteiger partial charge in [-0.15, -0.1) is 5.10 Å². The average molecular weight is 622 g/mol. The Hall–Kier alpha value is -5.57. The minimum absolute atomic E-state index is 0.0127. The Labute approximate surface area is 254 Å². The van der Waals surface area contributed by atoms with Gasteiger partial charge in [-0.05, 0) is 46.3 Å². The molecule has 2 aromatic carbocycles. The highest BCUT2D eigenvalue weighted by Gasteiger charge is 2.28. The van der Waals surface area contributed by atoms with Crippen LogP contribution in [0, 0.1) is 11.0 Å². The maximum absolute atomic E-state index is 15.3. The summed E-state index contributed by atoms with van der Waals surface area (Å²) in [5.41, 5.74) is 2.76. The van der Waals surface area contributed by atoms with Crippen LogP contribution in [0.5, 0.6) is 0 Å². The molecule has 5 aromatic rings. The van der Waals surface area contributed by atoms with E-state index in [0.29, 0.717) is 16.0 Å². The van der Waals surface area contributed by atoms with E-state index in [2.05, 4.69) is 30.7 Å². The molecule has 2 amide bonds. The molecule has 0 aliphatic heterocycles. The van der Waals surface area contributed by atoms with Crippen LogP contribution >= 0.6 is 11.6 Å². The van der Waals surface area contributed by atoms with Gasteiger partial charge in [0.25, 0.3) is 0 Å². The molecule has 0 aliphatic carbocycles. The second kappa shape index (κ2) is 12.7. The number of ether oxygens (including phenoxy) is 2. The Morgan fingerprint density at radius 1 is 1.09 bits per heavy atom. The fourth-order valence-corrected chi connectivity index (χ4v) is 4.71. The number of nitrogens with one attached hydrogen (secondary N) is 1. The van der Waals surface area contributed by atoms with Crippen molar-refractivity contribution in [3.05, 3.63) is 95.2 Å². The van der Waals surface area contributed by atoms with E-state index in [9.17, 15) is 14.8 Å². The third kappa shape index (κ3) is 6.12. The number of amides is 2. The number of methoxy groups -OCH3 is 2. The highest BCUT2D eigenvalue weighted by molar-refractivity contribution is 6.31. The van der Waals surface area contributed by atoms with E-state index in [0.717, 1.165) is 5.56 Å². The summed E-state index contributed by atoms with van der Waals surface area (Å²) in [5, 5.41) is 31.5. The molecule has 226 valence electrons. The first-order valence-electron chi connectivity index (χ1n) is 12.9. The molecule has 1 unspecified atom stereocenters. The van der Waals surface area contributed by atoms with Crippen molar-refractivity contribution in [3.63, 3.8) is 0 Å². The number of pyridine rings is 1. The normalized spacial score (nSPS) is 11.6. The van der Waals surface area contributed by atoms with Crippen LogP contribution in [0.15, 0.2) is 73.4 Å². The van der Waals surface area contributed by atoms with Gasteiger partial charge in [0.15, 0.2) is 18.1 Å². The molecular weight excluding hydrogens is 597 g/mol. The van der Waals surface area contributed by atoms with Crippen LogP contribution in [0.4, 0.5) is 19.7 Å². The first-order valence-corrected chi connectivity index (χ1v) is 13.3. The quantitative estimate of drug-likeness (QED) is 0.199. The van der Waals surface area contributed by atoms with Crippen molar-refractivity contribution < 1.29 is 28.2 Å². The smallest absolute Gasteiger partial charge is 0.411 e. The Morgan fingerprint density at radius 3 is 2.50 bits per heavy atom. The van der Waals surface area contributed by atoms with E-state index in [-0.39, 0.29) is 34.1 Å². The van der Waals surface area contributed by atoms with E-state index >= 15 is 4.39 Å². The lowest BCUT2D eigenvalue weighted by Crippen LogP contribution is -2.41. The average Bonchev–Trinajstić information content (AvgIpc) is 3.74. The zero-order valence-corrected chi connectivity index (χ0v) is 24.3. The number of anilines is 1. The summed E-state index contributed by atoms with van der Waals surface area (Å²) in [4.78, 5) is 25.1. The SMILES string of the molecule is COC(=O)Nc1ccc(-c2cnn(C(CN(C)C(=O)OC)c3ccc(-c4c(-n5cnnn5)ccc(Cl)c4F)c[n+]3[O-])c2)cc1. The highest BCUT2D eigenvalue weighted by Crippen LogP contribution is 2.33. The fraction of sp³-hybridized carbons (Fsp3) is 0.179. The van der Waals surface area contributed by atoms with Gasteiger partial charge < -0.3 is 19.6 Å². The Kier molecular flexibility index (Phi) is 8.66. The zero-order chi connectivity index (χ0) is 31.4. The second-order valence-electron chi connectivity index (χ2n) is 9.45. The Morgan fingerprint density at radius 2 is 1.84 bits per heavy atom. The zero-order valence-electron chi connectivity index (χ0n) is 23.6. The number of rotatable bonds is 8. The molecule has 1 N–H and O–H groups in total. The van der Waals surface area contributed by atoms with Crippen molar-refractivity contribution in [1.82, 2.24) is 34.9 Å². The van der Waals surface area contributed by atoms with E-state index in [1.807, 2.05) is 0 Å². The fourth-order valence-electron chi connectivity index (χ4n) is 4.55. The van der Waals surface area contributed by atoms with Crippen LogP contribution in [0.25, 0.3) is 27.9 Å². The molecule has 0 saturated heterocycles. The number of nitrogens with zero attached hydrogens (tertiary/aromatic N) is 8. The standard InChI is InChI=1S/C28H25ClFN9O5/c1-36(28(41)44-3)15-24(37-13-19(12-32-37)17-4-7-20(8-5-17)33-27(40)43-2)22-10-6-18(14-39(22)42)25-23(38-16-31-34-35-38)11-9-21(29)26(25)30/h4-14,16,24H,15H2,1-3H3,(H,33,40). The Balaban J connectivity index is 1.52. The lowest BCUT2D eigenvalue weighted by Gasteiger charge is -2.23. The first kappa shape index (κ1) is 29.9. The second-order valence-corrected chi connectivity index (χ2v) is 9.85. The van der Waals surface area contributed by atoms with Crippen molar-refractivity contribution >= 4 is 29.5 Å². The number of carbonyl (C=O) groups excluding carboxylic acids is 2. The summed E-state index contributed by atoms with van der Waals surface area (Å²) in [5.74, 6) is -0.751. The minimum atomic E-state index is -0.775. The van der Waals surface area contributed by atoms with Gasteiger partial charge in [-0.3, -0.25) is 10.00 Å². The minimum Gasteiger partial charge on any atom is -0.618 e. The van der Waals surface area contributed by atoms with Gasteiger partial charge in [0.2, 0.25) is 5.69 Å². The van der Waals surface area contributed by atoms with E-state index in [1.165, 1.54) is 61.6 Å². The molecule has 0 spiro atoms. The topological polar surface area (TPSA) is 156 Å². The number of aromatic nitrogens is 7. The van der Waals surface area contributed by atoms with Crippen LogP contribution in [0.3, 0.4) is 0 Å². The summed E-state index contributed by atoms with van der Waals surface area (Å²) in [7, 11) is 4.05. The van der Waals surface area contributed by atoms with E-state index in [1.54, 1.807) is 47.4 Å². The number of hydrogen-bond acceptors (Lipinski definition) is 9. The molecule has 3 heterocycles. The van der Waals surface area contributed by atoms with Crippen LogP contribution in [0.2, 0.25) is 5.02 Å². The molecule has 0 saturated carbocycles. The van der Waals surface area contributed by atoms with Gasteiger partial charge in [0, 0.05) is 30.6 Å².